The first-order valence-electron chi connectivity index (χ1n) is 12.4. The monoisotopic (exact) mass is 519 g/mol. The quantitative estimate of drug-likeness (QED) is 0.371. The van der Waals surface area contributed by atoms with Crippen molar-refractivity contribution in [2.75, 3.05) is 53.2 Å². The Labute approximate surface area is 214 Å². The average molecular weight is 520 g/mol. The molecule has 36 heavy (non-hydrogen) atoms. The van der Waals surface area contributed by atoms with E-state index in [1.807, 2.05) is 31.2 Å². The molecule has 0 spiro atoms. The summed E-state index contributed by atoms with van der Waals surface area (Å²) in [5.74, 6) is 0.506. The minimum Gasteiger partial charge on any atom is -0.497 e. The maximum atomic E-state index is 13.9. The van der Waals surface area contributed by atoms with Crippen LogP contribution in [-0.2, 0) is 30.5 Å². The predicted octanol–water partition coefficient (Wildman–Crippen LogP) is 3.52. The number of carbonyl (C=O) groups is 1. The SMILES string of the molecule is CCCC(Cc1ccc(OCCN2CCOCC2)cc1)(C(=O)OCC)S(=O)(=O)c1ccc(OC)cc1. The number of rotatable bonds is 13. The number of esters is 1. The van der Waals surface area contributed by atoms with Crippen molar-refractivity contribution < 1.29 is 32.2 Å². The molecule has 0 saturated carbocycles. The van der Waals surface area contributed by atoms with Crippen molar-refractivity contribution in [1.82, 2.24) is 4.90 Å². The minimum atomic E-state index is -4.08. The van der Waals surface area contributed by atoms with Gasteiger partial charge in [0.2, 0.25) is 0 Å². The summed E-state index contributed by atoms with van der Waals surface area (Å²) in [5.41, 5.74) is 0.717. The highest BCUT2D eigenvalue weighted by molar-refractivity contribution is 7.93. The molecule has 3 rings (SSSR count). The summed E-state index contributed by atoms with van der Waals surface area (Å²) < 4.78 is 47.9. The van der Waals surface area contributed by atoms with Crippen LogP contribution in [0, 0.1) is 0 Å². The smallest absolute Gasteiger partial charge is 0.328 e. The van der Waals surface area contributed by atoms with Gasteiger partial charge in [-0.25, -0.2) is 8.42 Å². The fraction of sp³-hybridized carbons (Fsp3) is 0.519. The van der Waals surface area contributed by atoms with E-state index < -0.39 is 20.6 Å². The number of methoxy groups -OCH3 is 1. The Bertz CT molecular complexity index is 1060. The number of ether oxygens (including phenoxy) is 4. The first kappa shape index (κ1) is 28.0. The van der Waals surface area contributed by atoms with Gasteiger partial charge in [-0.2, -0.15) is 0 Å². The summed E-state index contributed by atoms with van der Waals surface area (Å²) in [6, 6.07) is 13.4. The molecule has 0 aromatic heterocycles. The van der Waals surface area contributed by atoms with Crippen LogP contribution < -0.4 is 9.47 Å². The Kier molecular flexibility index (Phi) is 10.2. The summed E-state index contributed by atoms with van der Waals surface area (Å²) in [6.45, 7) is 8.29. The van der Waals surface area contributed by atoms with E-state index in [1.165, 1.54) is 19.2 Å². The fourth-order valence-electron chi connectivity index (χ4n) is 4.40. The van der Waals surface area contributed by atoms with Crippen LogP contribution in [0.2, 0.25) is 0 Å². The van der Waals surface area contributed by atoms with Crippen LogP contribution in [0.15, 0.2) is 53.4 Å². The lowest BCUT2D eigenvalue weighted by Gasteiger charge is -2.31. The van der Waals surface area contributed by atoms with Gasteiger partial charge >= 0.3 is 5.97 Å². The van der Waals surface area contributed by atoms with Crippen LogP contribution in [0.1, 0.15) is 32.3 Å². The second kappa shape index (κ2) is 13.1. The number of benzene rings is 2. The lowest BCUT2D eigenvalue weighted by molar-refractivity contribution is -0.146. The summed E-state index contributed by atoms with van der Waals surface area (Å²) in [5, 5.41) is 0. The van der Waals surface area contributed by atoms with Gasteiger partial charge < -0.3 is 18.9 Å². The molecule has 1 unspecified atom stereocenters. The zero-order chi connectivity index (χ0) is 26.0. The van der Waals surface area contributed by atoms with Crippen LogP contribution in [-0.4, -0.2) is 77.2 Å². The van der Waals surface area contributed by atoms with Crippen LogP contribution in [0.25, 0.3) is 0 Å². The number of morpholine rings is 1. The van der Waals surface area contributed by atoms with Gasteiger partial charge in [0.15, 0.2) is 14.6 Å². The Hall–Kier alpha value is -2.62. The molecule has 198 valence electrons. The molecule has 1 heterocycles. The zero-order valence-electron chi connectivity index (χ0n) is 21.4. The predicted molar refractivity (Wildman–Crippen MR) is 137 cm³/mol. The van der Waals surface area contributed by atoms with E-state index in [9.17, 15) is 13.2 Å². The van der Waals surface area contributed by atoms with Gasteiger partial charge in [0.1, 0.15) is 18.1 Å². The summed E-state index contributed by atoms with van der Waals surface area (Å²) >= 11 is 0. The highest BCUT2D eigenvalue weighted by atomic mass is 32.2. The number of hydrogen-bond donors (Lipinski definition) is 0. The van der Waals surface area contributed by atoms with Crippen LogP contribution >= 0.6 is 0 Å². The first-order valence-corrected chi connectivity index (χ1v) is 13.9. The van der Waals surface area contributed by atoms with Crippen molar-refractivity contribution in [2.24, 2.45) is 0 Å². The Morgan fingerprint density at radius 1 is 1.00 bits per heavy atom. The van der Waals surface area contributed by atoms with Gasteiger partial charge in [-0.1, -0.05) is 25.5 Å². The van der Waals surface area contributed by atoms with Crippen molar-refractivity contribution in [1.29, 1.82) is 0 Å². The van der Waals surface area contributed by atoms with E-state index in [0.29, 0.717) is 30.1 Å². The van der Waals surface area contributed by atoms with Crippen molar-refractivity contribution in [3.8, 4) is 11.5 Å². The molecule has 0 radical (unpaired) electrons. The van der Waals surface area contributed by atoms with Gasteiger partial charge in [-0.3, -0.25) is 9.69 Å². The molecule has 1 fully saturated rings. The summed E-state index contributed by atoms with van der Waals surface area (Å²) in [6.07, 6.45) is 0.636. The second-order valence-corrected chi connectivity index (χ2v) is 11.0. The lowest BCUT2D eigenvalue weighted by Crippen LogP contribution is -2.49. The van der Waals surface area contributed by atoms with Crippen LogP contribution in [0.4, 0.5) is 0 Å². The maximum absolute atomic E-state index is 13.9. The molecular formula is C27H37NO7S. The lowest BCUT2D eigenvalue weighted by atomic mass is 9.94. The van der Waals surface area contributed by atoms with Gasteiger partial charge in [0.05, 0.1) is 31.8 Å². The molecule has 2 aromatic carbocycles. The third kappa shape index (κ3) is 6.57. The van der Waals surface area contributed by atoms with E-state index in [-0.39, 0.29) is 24.3 Å². The molecule has 9 heteroatoms. The third-order valence-electron chi connectivity index (χ3n) is 6.38. The summed E-state index contributed by atoms with van der Waals surface area (Å²) in [4.78, 5) is 15.7. The molecular weight excluding hydrogens is 482 g/mol. The zero-order valence-corrected chi connectivity index (χ0v) is 22.2. The highest BCUT2D eigenvalue weighted by Crippen LogP contribution is 2.36. The van der Waals surface area contributed by atoms with Gasteiger partial charge in [0, 0.05) is 26.1 Å². The largest absolute Gasteiger partial charge is 0.497 e. The normalized spacial score (nSPS) is 16.2. The van der Waals surface area contributed by atoms with E-state index in [4.69, 9.17) is 18.9 Å². The van der Waals surface area contributed by atoms with E-state index in [1.54, 1.807) is 19.1 Å². The number of sulfone groups is 1. The first-order chi connectivity index (χ1) is 17.4. The van der Waals surface area contributed by atoms with E-state index >= 15 is 0 Å². The standard InChI is InChI=1S/C27H37NO7S/c1-4-14-27(26(29)34-5-2,36(30,31)25-12-10-23(32-3)11-13-25)21-22-6-8-24(9-7-22)35-20-17-28-15-18-33-19-16-28/h6-13H,4-5,14-21H2,1-3H3. The van der Waals surface area contributed by atoms with Crippen LogP contribution in [0.5, 0.6) is 11.5 Å². The molecule has 1 aliphatic heterocycles. The van der Waals surface area contributed by atoms with Gasteiger partial charge in [-0.15, -0.1) is 0 Å². The maximum Gasteiger partial charge on any atom is 0.328 e. The van der Waals surface area contributed by atoms with Crippen molar-refractivity contribution in [2.45, 2.75) is 42.8 Å². The second-order valence-electron chi connectivity index (χ2n) is 8.77. The van der Waals surface area contributed by atoms with Gasteiger partial charge in [0.25, 0.3) is 0 Å². The number of carbonyl (C=O) groups excluding carboxylic acids is 1. The molecule has 2 aromatic rings. The van der Waals surface area contributed by atoms with Crippen molar-refractivity contribution in [3.05, 3.63) is 54.1 Å². The van der Waals surface area contributed by atoms with E-state index in [0.717, 1.165) is 32.8 Å². The molecule has 8 nitrogen and oxygen atoms in total. The van der Waals surface area contributed by atoms with Crippen molar-refractivity contribution >= 4 is 15.8 Å². The Balaban J connectivity index is 1.82. The van der Waals surface area contributed by atoms with E-state index in [2.05, 4.69) is 4.90 Å². The van der Waals surface area contributed by atoms with Gasteiger partial charge in [-0.05, 0) is 55.3 Å². The Morgan fingerprint density at radius 2 is 1.64 bits per heavy atom. The molecule has 0 amide bonds. The topological polar surface area (TPSA) is 91.4 Å². The van der Waals surface area contributed by atoms with Crippen molar-refractivity contribution in [3.63, 3.8) is 0 Å². The summed E-state index contributed by atoms with van der Waals surface area (Å²) in [7, 11) is -2.57. The molecule has 1 saturated heterocycles. The molecule has 1 aliphatic rings. The average Bonchev–Trinajstić information content (AvgIpc) is 2.90. The highest BCUT2D eigenvalue weighted by Gasteiger charge is 2.52. The molecule has 0 bridgehead atoms. The molecule has 0 aliphatic carbocycles. The number of nitrogens with zero attached hydrogens (tertiary/aromatic N) is 1. The molecule has 1 atom stereocenters. The minimum absolute atomic E-state index is 0.00208. The fourth-order valence-corrected chi connectivity index (χ4v) is 6.45. The Morgan fingerprint density at radius 3 is 2.22 bits per heavy atom. The number of hydrogen-bond acceptors (Lipinski definition) is 8. The van der Waals surface area contributed by atoms with Crippen LogP contribution in [0.3, 0.4) is 0 Å². The third-order valence-corrected chi connectivity index (χ3v) is 8.82. The molecule has 0 N–H and O–H groups in total.